The van der Waals surface area contributed by atoms with E-state index < -0.39 is 17.8 Å². The van der Waals surface area contributed by atoms with Crippen LogP contribution in [0.1, 0.15) is 30.0 Å². The van der Waals surface area contributed by atoms with E-state index in [4.69, 9.17) is 4.74 Å². The second-order valence-electron chi connectivity index (χ2n) is 7.33. The van der Waals surface area contributed by atoms with E-state index in [0.717, 1.165) is 0 Å². The van der Waals surface area contributed by atoms with Gasteiger partial charge in [-0.3, -0.25) is 19.6 Å². The Labute approximate surface area is 181 Å². The van der Waals surface area contributed by atoms with E-state index in [9.17, 15) is 14.0 Å². The van der Waals surface area contributed by atoms with Crippen molar-refractivity contribution in [2.75, 3.05) is 10.6 Å². The van der Waals surface area contributed by atoms with Crippen molar-refractivity contribution in [1.29, 1.82) is 0 Å². The zero-order chi connectivity index (χ0) is 22.8. The van der Waals surface area contributed by atoms with Crippen LogP contribution in [0.2, 0.25) is 0 Å². The van der Waals surface area contributed by atoms with Crippen molar-refractivity contribution in [3.63, 3.8) is 0 Å². The fourth-order valence-corrected chi connectivity index (χ4v) is 2.98. The maximum absolute atomic E-state index is 14.5. The Hall–Kier alpha value is -4.28. The number of imidazole rings is 1. The van der Waals surface area contributed by atoms with Gasteiger partial charge in [0, 0.05) is 23.6 Å². The van der Waals surface area contributed by atoms with E-state index in [-0.39, 0.29) is 11.7 Å². The molecule has 0 spiro atoms. The lowest BCUT2D eigenvalue weighted by Gasteiger charge is -2.09. The average Bonchev–Trinajstić information content (AvgIpc) is 3.34. The summed E-state index contributed by atoms with van der Waals surface area (Å²) < 4.78 is 21.1. The van der Waals surface area contributed by atoms with Crippen LogP contribution in [-0.4, -0.2) is 42.7 Å². The van der Waals surface area contributed by atoms with Crippen LogP contribution in [0.4, 0.5) is 20.6 Å². The summed E-state index contributed by atoms with van der Waals surface area (Å²) in [5, 5.41) is 11.8. The molecule has 4 aromatic rings. The number of carbonyl (C=O) groups excluding carboxylic acids is 2. The molecule has 0 aliphatic heterocycles. The Balaban J connectivity index is 1.58. The number of amides is 2. The summed E-state index contributed by atoms with van der Waals surface area (Å²) in [6.45, 7) is 5.24. The molecule has 0 fully saturated rings. The molecule has 0 bridgehead atoms. The number of H-pyrrole nitrogens is 1. The fourth-order valence-electron chi connectivity index (χ4n) is 2.98. The molecule has 0 radical (unpaired) electrons. The lowest BCUT2D eigenvalue weighted by Crippen LogP contribution is -2.18. The van der Waals surface area contributed by atoms with Crippen LogP contribution in [0.25, 0.3) is 17.0 Å². The van der Waals surface area contributed by atoms with E-state index in [2.05, 4.69) is 30.8 Å². The number of ether oxygens (including phenoxy) is 1. The third kappa shape index (κ3) is 4.56. The highest BCUT2D eigenvalue weighted by Crippen LogP contribution is 2.26. The van der Waals surface area contributed by atoms with Crippen molar-refractivity contribution in [2.45, 2.75) is 26.9 Å². The molecule has 0 aliphatic rings. The maximum Gasteiger partial charge on any atom is 0.411 e. The zero-order valence-electron chi connectivity index (χ0n) is 17.5. The summed E-state index contributed by atoms with van der Waals surface area (Å²) in [7, 11) is 0. The van der Waals surface area contributed by atoms with Gasteiger partial charge >= 0.3 is 6.09 Å². The summed E-state index contributed by atoms with van der Waals surface area (Å²) in [4.78, 5) is 32.6. The van der Waals surface area contributed by atoms with E-state index in [0.29, 0.717) is 34.2 Å². The molecule has 3 N–H and O–H groups in total. The number of fused-ring (bicyclic) bond motifs is 1. The van der Waals surface area contributed by atoms with Crippen molar-refractivity contribution in [2.24, 2.45) is 0 Å². The van der Waals surface area contributed by atoms with E-state index in [1.54, 1.807) is 43.6 Å². The van der Waals surface area contributed by atoms with Crippen LogP contribution in [0.3, 0.4) is 0 Å². The number of rotatable bonds is 5. The van der Waals surface area contributed by atoms with Crippen molar-refractivity contribution in [3.8, 4) is 11.3 Å². The average molecular weight is 437 g/mol. The van der Waals surface area contributed by atoms with E-state index >= 15 is 0 Å². The predicted molar refractivity (Wildman–Crippen MR) is 115 cm³/mol. The number of aromatic nitrogens is 5. The zero-order valence-corrected chi connectivity index (χ0v) is 17.5. The summed E-state index contributed by atoms with van der Waals surface area (Å²) in [6.07, 6.45) is 3.71. The second-order valence-corrected chi connectivity index (χ2v) is 7.33. The van der Waals surface area contributed by atoms with Gasteiger partial charge < -0.3 is 10.1 Å². The molecule has 0 unspecified atom stereocenters. The molecule has 0 saturated heterocycles. The molecular formula is C21H20FN7O3. The molecule has 0 atom stereocenters. The number of benzene rings is 1. The third-order valence-electron chi connectivity index (χ3n) is 4.35. The lowest BCUT2D eigenvalue weighted by atomic mass is 10.1. The first-order valence-corrected chi connectivity index (χ1v) is 9.74. The Morgan fingerprint density at radius 2 is 1.97 bits per heavy atom. The first kappa shape index (κ1) is 21.0. The Morgan fingerprint density at radius 1 is 1.16 bits per heavy atom. The van der Waals surface area contributed by atoms with Gasteiger partial charge in [-0.25, -0.2) is 19.2 Å². The Bertz CT molecular complexity index is 1310. The van der Waals surface area contributed by atoms with Crippen molar-refractivity contribution in [1.82, 2.24) is 24.6 Å². The molecule has 3 aromatic heterocycles. The highest BCUT2D eigenvalue weighted by Gasteiger charge is 2.15. The van der Waals surface area contributed by atoms with Gasteiger partial charge in [-0.15, -0.1) is 0 Å². The minimum absolute atomic E-state index is 0.183. The first-order chi connectivity index (χ1) is 15.3. The number of nitrogens with one attached hydrogen (secondary N) is 3. The highest BCUT2D eigenvalue weighted by molar-refractivity contribution is 6.03. The fraction of sp³-hybridized carbons (Fsp3) is 0.190. The van der Waals surface area contributed by atoms with Crippen molar-refractivity contribution in [3.05, 3.63) is 60.1 Å². The predicted octanol–water partition coefficient (Wildman–Crippen LogP) is 3.78. The van der Waals surface area contributed by atoms with Crippen molar-refractivity contribution < 1.29 is 18.7 Å². The molecule has 2 amide bonds. The molecule has 164 valence electrons. The smallest absolute Gasteiger partial charge is 0.411 e. The number of aryl methyl sites for hydroxylation is 1. The minimum atomic E-state index is -0.608. The van der Waals surface area contributed by atoms with Gasteiger partial charge in [0.1, 0.15) is 11.5 Å². The Morgan fingerprint density at radius 3 is 2.69 bits per heavy atom. The standard InChI is InChI=1S/C21H20FN7O3/c1-11(2)32-21(31)25-14-8-23-20-26-18(10-29(20)9-14)15-7-13(4-5-16(15)22)24-19(30)17-6-12(3)27-28-17/h4-11H,1-3H3,(H,24,30)(H,25,31)(H,27,28). The second kappa shape index (κ2) is 8.46. The SMILES string of the molecule is Cc1cc(C(=O)Nc2ccc(F)c(-c3cn4cc(NC(=O)OC(C)C)cnc4n3)c2)[nH]n1. The maximum atomic E-state index is 14.5. The van der Waals surface area contributed by atoms with Crippen LogP contribution in [0.5, 0.6) is 0 Å². The molecule has 4 rings (SSSR count). The number of halogens is 1. The van der Waals surface area contributed by atoms with Crippen LogP contribution < -0.4 is 10.6 Å². The van der Waals surface area contributed by atoms with Gasteiger partial charge in [0.25, 0.3) is 5.91 Å². The number of nitrogens with zero attached hydrogens (tertiary/aromatic N) is 4. The third-order valence-corrected chi connectivity index (χ3v) is 4.35. The molecule has 11 heteroatoms. The molecule has 3 heterocycles. The van der Waals surface area contributed by atoms with Crippen LogP contribution in [0.15, 0.2) is 42.9 Å². The summed E-state index contributed by atoms with van der Waals surface area (Å²) in [5.41, 5.74) is 2.25. The van der Waals surface area contributed by atoms with Crippen molar-refractivity contribution >= 4 is 29.2 Å². The molecule has 0 aliphatic carbocycles. The first-order valence-electron chi connectivity index (χ1n) is 9.74. The molecule has 32 heavy (non-hydrogen) atoms. The number of carbonyl (C=O) groups is 2. The molecular weight excluding hydrogens is 417 g/mol. The van der Waals surface area contributed by atoms with Crippen LogP contribution in [-0.2, 0) is 4.74 Å². The topological polar surface area (TPSA) is 126 Å². The summed E-state index contributed by atoms with van der Waals surface area (Å²) >= 11 is 0. The van der Waals surface area contributed by atoms with Gasteiger partial charge in [-0.05, 0) is 45.0 Å². The molecule has 10 nitrogen and oxygen atoms in total. The van der Waals surface area contributed by atoms with Gasteiger partial charge in [0.05, 0.1) is 29.4 Å². The molecule has 1 aromatic carbocycles. The van der Waals surface area contributed by atoms with Gasteiger partial charge in [-0.1, -0.05) is 0 Å². The minimum Gasteiger partial charge on any atom is -0.447 e. The van der Waals surface area contributed by atoms with Gasteiger partial charge in [0.2, 0.25) is 5.78 Å². The van der Waals surface area contributed by atoms with Gasteiger partial charge in [-0.2, -0.15) is 5.10 Å². The quantitative estimate of drug-likeness (QED) is 0.436. The highest BCUT2D eigenvalue weighted by atomic mass is 19.1. The van der Waals surface area contributed by atoms with E-state index in [1.807, 2.05) is 0 Å². The number of anilines is 2. The summed E-state index contributed by atoms with van der Waals surface area (Å²) in [5.74, 6) is -0.601. The Kier molecular flexibility index (Phi) is 5.54. The number of aromatic amines is 1. The van der Waals surface area contributed by atoms with Gasteiger partial charge in [0.15, 0.2) is 0 Å². The lowest BCUT2D eigenvalue weighted by molar-refractivity contribution is 0.102. The van der Waals surface area contributed by atoms with Crippen LogP contribution >= 0.6 is 0 Å². The largest absolute Gasteiger partial charge is 0.447 e. The summed E-state index contributed by atoms with van der Waals surface area (Å²) in [6, 6.07) is 5.79. The van der Waals surface area contributed by atoms with E-state index in [1.165, 1.54) is 24.4 Å². The normalized spacial score (nSPS) is 11.0. The molecule has 0 saturated carbocycles. The number of hydrogen-bond donors (Lipinski definition) is 3. The number of hydrogen-bond acceptors (Lipinski definition) is 6. The van der Waals surface area contributed by atoms with Crippen LogP contribution in [0, 0.1) is 12.7 Å². The monoisotopic (exact) mass is 437 g/mol.